The third kappa shape index (κ3) is 2.62. The van der Waals surface area contributed by atoms with Crippen molar-refractivity contribution in [3.05, 3.63) is 18.0 Å². The summed E-state index contributed by atoms with van der Waals surface area (Å²) in [4.78, 5) is 2.50. The van der Waals surface area contributed by atoms with Gasteiger partial charge < -0.3 is 5.73 Å². The number of aryl methyl sites for hydroxylation is 1. The van der Waals surface area contributed by atoms with Crippen molar-refractivity contribution in [2.24, 2.45) is 11.7 Å². The molecule has 1 fully saturated rings. The molecule has 16 heavy (non-hydrogen) atoms. The maximum absolute atomic E-state index is 5.75. The van der Waals surface area contributed by atoms with E-state index in [2.05, 4.69) is 27.7 Å². The van der Waals surface area contributed by atoms with Gasteiger partial charge in [-0.05, 0) is 44.8 Å². The molecule has 90 valence electrons. The molecule has 1 unspecified atom stereocenters. The van der Waals surface area contributed by atoms with E-state index >= 15 is 0 Å². The minimum Gasteiger partial charge on any atom is -0.330 e. The maximum atomic E-state index is 5.75. The molecule has 1 aliphatic heterocycles. The van der Waals surface area contributed by atoms with Gasteiger partial charge >= 0.3 is 0 Å². The van der Waals surface area contributed by atoms with Crippen LogP contribution in [0.4, 0.5) is 0 Å². The lowest BCUT2D eigenvalue weighted by atomic mass is 9.98. The van der Waals surface area contributed by atoms with Crippen LogP contribution in [0.1, 0.15) is 25.5 Å². The van der Waals surface area contributed by atoms with E-state index in [1.807, 2.05) is 6.20 Å². The Kier molecular flexibility index (Phi) is 3.96. The van der Waals surface area contributed by atoms with Crippen molar-refractivity contribution >= 4 is 0 Å². The van der Waals surface area contributed by atoms with Crippen LogP contribution in [0.5, 0.6) is 0 Å². The molecule has 0 bridgehead atoms. The van der Waals surface area contributed by atoms with Crippen LogP contribution in [-0.2, 0) is 13.1 Å². The van der Waals surface area contributed by atoms with Crippen molar-refractivity contribution in [2.45, 2.75) is 32.9 Å². The molecule has 2 N–H and O–H groups in total. The predicted molar refractivity (Wildman–Crippen MR) is 65.0 cm³/mol. The van der Waals surface area contributed by atoms with E-state index in [1.165, 1.54) is 25.1 Å². The molecule has 1 aliphatic rings. The molecule has 2 heterocycles. The number of aromatic nitrogens is 2. The highest BCUT2D eigenvalue weighted by atomic mass is 15.3. The highest BCUT2D eigenvalue weighted by Gasteiger charge is 2.19. The Morgan fingerprint density at radius 2 is 2.44 bits per heavy atom. The molecule has 0 aromatic carbocycles. The molecule has 0 radical (unpaired) electrons. The fourth-order valence-corrected chi connectivity index (χ4v) is 2.50. The topological polar surface area (TPSA) is 47.1 Å². The van der Waals surface area contributed by atoms with E-state index in [0.717, 1.165) is 26.2 Å². The lowest BCUT2D eigenvalue weighted by molar-refractivity contribution is 0.167. The summed E-state index contributed by atoms with van der Waals surface area (Å²) >= 11 is 0. The van der Waals surface area contributed by atoms with Gasteiger partial charge in [0.2, 0.25) is 0 Å². The molecule has 4 nitrogen and oxygen atoms in total. The number of rotatable bonds is 4. The lowest BCUT2D eigenvalue weighted by Gasteiger charge is -2.32. The van der Waals surface area contributed by atoms with Gasteiger partial charge in [0.05, 0.1) is 5.69 Å². The quantitative estimate of drug-likeness (QED) is 0.829. The first kappa shape index (κ1) is 11.6. The van der Waals surface area contributed by atoms with Crippen LogP contribution in [0.2, 0.25) is 0 Å². The molecular weight excluding hydrogens is 200 g/mol. The van der Waals surface area contributed by atoms with Crippen LogP contribution >= 0.6 is 0 Å². The van der Waals surface area contributed by atoms with Crippen molar-refractivity contribution in [3.63, 3.8) is 0 Å². The minimum absolute atomic E-state index is 0.687. The largest absolute Gasteiger partial charge is 0.330 e. The molecule has 1 atom stereocenters. The normalized spacial score (nSPS) is 22.5. The fraction of sp³-hybridized carbons (Fsp3) is 0.750. The number of nitrogens with two attached hydrogens (primary N) is 1. The van der Waals surface area contributed by atoms with E-state index in [9.17, 15) is 0 Å². The molecule has 1 aromatic rings. The Morgan fingerprint density at radius 1 is 1.56 bits per heavy atom. The molecule has 0 spiro atoms. The Morgan fingerprint density at radius 3 is 3.19 bits per heavy atom. The first-order valence-electron chi connectivity index (χ1n) is 6.26. The van der Waals surface area contributed by atoms with E-state index in [0.29, 0.717) is 5.92 Å². The third-order valence-electron chi connectivity index (χ3n) is 3.43. The van der Waals surface area contributed by atoms with Gasteiger partial charge in [-0.3, -0.25) is 9.58 Å². The summed E-state index contributed by atoms with van der Waals surface area (Å²) in [5, 5.41) is 4.30. The molecule has 1 aromatic heterocycles. The summed E-state index contributed by atoms with van der Waals surface area (Å²) in [7, 11) is 0. The third-order valence-corrected chi connectivity index (χ3v) is 3.43. The maximum Gasteiger partial charge on any atom is 0.0524 e. The van der Waals surface area contributed by atoms with Crippen LogP contribution in [0.3, 0.4) is 0 Å². The molecule has 0 aliphatic carbocycles. The van der Waals surface area contributed by atoms with Crippen LogP contribution in [0.15, 0.2) is 12.3 Å². The minimum atomic E-state index is 0.687. The van der Waals surface area contributed by atoms with Crippen LogP contribution in [0.25, 0.3) is 0 Å². The summed E-state index contributed by atoms with van der Waals surface area (Å²) in [6, 6.07) is 2.12. The molecule has 1 saturated heterocycles. The van der Waals surface area contributed by atoms with Gasteiger partial charge in [-0.1, -0.05) is 0 Å². The zero-order chi connectivity index (χ0) is 11.4. The van der Waals surface area contributed by atoms with Crippen molar-refractivity contribution in [3.8, 4) is 0 Å². The van der Waals surface area contributed by atoms with E-state index in [-0.39, 0.29) is 0 Å². The Balaban J connectivity index is 1.93. The summed E-state index contributed by atoms with van der Waals surface area (Å²) < 4.78 is 2.08. The van der Waals surface area contributed by atoms with Crippen LogP contribution in [0, 0.1) is 5.92 Å². The van der Waals surface area contributed by atoms with Crippen molar-refractivity contribution in [2.75, 3.05) is 19.6 Å². The van der Waals surface area contributed by atoms with E-state index < -0.39 is 0 Å². The Labute approximate surface area is 97.4 Å². The zero-order valence-electron chi connectivity index (χ0n) is 10.1. The fourth-order valence-electron chi connectivity index (χ4n) is 2.50. The number of likely N-dealkylation sites (tertiary alicyclic amines) is 1. The van der Waals surface area contributed by atoms with E-state index in [1.54, 1.807) is 0 Å². The zero-order valence-corrected chi connectivity index (χ0v) is 10.1. The number of piperidine rings is 1. The first-order chi connectivity index (χ1) is 7.83. The first-order valence-corrected chi connectivity index (χ1v) is 6.26. The predicted octanol–water partition coefficient (Wildman–Crippen LogP) is 1.07. The highest BCUT2D eigenvalue weighted by molar-refractivity contribution is 5.00. The summed E-state index contributed by atoms with van der Waals surface area (Å²) in [5.41, 5.74) is 7.07. The van der Waals surface area contributed by atoms with Gasteiger partial charge in [0.25, 0.3) is 0 Å². The van der Waals surface area contributed by atoms with Gasteiger partial charge in [0, 0.05) is 25.8 Å². The number of nitrogens with zero attached hydrogens (tertiary/aromatic N) is 3. The average molecular weight is 222 g/mol. The monoisotopic (exact) mass is 222 g/mol. The molecule has 4 heteroatoms. The molecular formula is C12H22N4. The van der Waals surface area contributed by atoms with Gasteiger partial charge in [-0.15, -0.1) is 0 Å². The summed E-state index contributed by atoms with van der Waals surface area (Å²) in [5.74, 6) is 0.687. The Hall–Kier alpha value is -0.870. The molecule has 0 saturated carbocycles. The number of hydrogen-bond acceptors (Lipinski definition) is 3. The second-order valence-corrected chi connectivity index (χ2v) is 4.62. The average Bonchev–Trinajstić information content (AvgIpc) is 2.76. The van der Waals surface area contributed by atoms with Crippen molar-refractivity contribution in [1.82, 2.24) is 14.7 Å². The van der Waals surface area contributed by atoms with Crippen molar-refractivity contribution < 1.29 is 0 Å². The standard InChI is InChI=1S/C12H22N4/c1-2-16-12(5-6-14-16)10-15-7-3-4-11(8-13)9-15/h5-6,11H,2-4,7-10,13H2,1H3. The SMILES string of the molecule is CCn1nccc1CN1CCCC(CN)C1. The second kappa shape index (κ2) is 5.46. The van der Waals surface area contributed by atoms with Crippen molar-refractivity contribution in [1.29, 1.82) is 0 Å². The van der Waals surface area contributed by atoms with Gasteiger partial charge in [-0.25, -0.2) is 0 Å². The van der Waals surface area contributed by atoms with Gasteiger partial charge in [0.1, 0.15) is 0 Å². The highest BCUT2D eigenvalue weighted by Crippen LogP contribution is 2.17. The molecule has 2 rings (SSSR count). The van der Waals surface area contributed by atoms with E-state index in [4.69, 9.17) is 5.73 Å². The van der Waals surface area contributed by atoms with Crippen LogP contribution in [-0.4, -0.2) is 34.3 Å². The second-order valence-electron chi connectivity index (χ2n) is 4.62. The number of hydrogen-bond donors (Lipinski definition) is 1. The summed E-state index contributed by atoms with van der Waals surface area (Å²) in [6.07, 6.45) is 4.46. The van der Waals surface area contributed by atoms with Crippen LogP contribution < -0.4 is 5.73 Å². The lowest BCUT2D eigenvalue weighted by Crippen LogP contribution is -2.38. The molecule has 0 amide bonds. The smallest absolute Gasteiger partial charge is 0.0524 e. The summed E-state index contributed by atoms with van der Waals surface area (Å²) in [6.45, 7) is 7.27. The van der Waals surface area contributed by atoms with Gasteiger partial charge in [0.15, 0.2) is 0 Å². The van der Waals surface area contributed by atoms with Gasteiger partial charge in [-0.2, -0.15) is 5.10 Å². The Bertz CT molecular complexity index is 321.